The summed E-state index contributed by atoms with van der Waals surface area (Å²) >= 11 is 9.03. The van der Waals surface area contributed by atoms with Crippen LogP contribution in [0.3, 0.4) is 0 Å². The van der Waals surface area contributed by atoms with Crippen molar-refractivity contribution in [1.29, 1.82) is 0 Å². The van der Waals surface area contributed by atoms with Gasteiger partial charge < -0.3 is 5.32 Å². The maximum Gasteiger partial charge on any atom is 0.251 e. The third-order valence-electron chi connectivity index (χ3n) is 2.78. The topological polar surface area (TPSA) is 29.1 Å². The molecule has 4 heteroatoms. The molecular formula is C14H19BrClNO. The van der Waals surface area contributed by atoms with Crippen LogP contribution in [-0.4, -0.2) is 18.3 Å². The number of benzene rings is 1. The molecule has 0 unspecified atom stereocenters. The Kier molecular flexibility index (Phi) is 7.36. The number of carbonyl (C=O) groups excluding carboxylic acids is 1. The van der Waals surface area contributed by atoms with Crippen LogP contribution in [0.4, 0.5) is 0 Å². The van der Waals surface area contributed by atoms with Gasteiger partial charge in [0.2, 0.25) is 0 Å². The van der Waals surface area contributed by atoms with Gasteiger partial charge in [0.25, 0.3) is 5.91 Å². The SMILES string of the molecule is Cc1ccc(C(=O)NCCCCCCCl)cc1Br. The van der Waals surface area contributed by atoms with Crippen LogP contribution < -0.4 is 5.32 Å². The zero-order valence-electron chi connectivity index (χ0n) is 10.6. The first-order valence-electron chi connectivity index (χ1n) is 6.25. The van der Waals surface area contributed by atoms with Crippen molar-refractivity contribution in [1.82, 2.24) is 5.32 Å². The number of nitrogens with one attached hydrogen (secondary N) is 1. The highest BCUT2D eigenvalue weighted by atomic mass is 79.9. The smallest absolute Gasteiger partial charge is 0.251 e. The molecule has 0 saturated heterocycles. The molecular weight excluding hydrogens is 314 g/mol. The van der Waals surface area contributed by atoms with Gasteiger partial charge >= 0.3 is 0 Å². The van der Waals surface area contributed by atoms with Gasteiger partial charge in [-0.15, -0.1) is 11.6 Å². The van der Waals surface area contributed by atoms with E-state index in [9.17, 15) is 4.79 Å². The molecule has 1 aromatic carbocycles. The molecule has 1 rings (SSSR count). The van der Waals surface area contributed by atoms with Crippen molar-refractivity contribution in [3.05, 3.63) is 33.8 Å². The second-order valence-corrected chi connectivity index (χ2v) is 5.56. The lowest BCUT2D eigenvalue weighted by molar-refractivity contribution is 0.0953. The highest BCUT2D eigenvalue weighted by Gasteiger charge is 2.06. The van der Waals surface area contributed by atoms with Crippen molar-refractivity contribution < 1.29 is 4.79 Å². The standard InChI is InChI=1S/C14H19BrClNO/c1-11-6-7-12(10-13(11)15)14(18)17-9-5-3-2-4-8-16/h6-7,10H,2-5,8-9H2,1H3,(H,17,18). The molecule has 0 atom stereocenters. The van der Waals surface area contributed by atoms with E-state index in [2.05, 4.69) is 21.2 Å². The van der Waals surface area contributed by atoms with E-state index in [1.807, 2.05) is 25.1 Å². The Morgan fingerprint density at radius 1 is 1.28 bits per heavy atom. The van der Waals surface area contributed by atoms with Crippen LogP contribution in [-0.2, 0) is 0 Å². The molecule has 0 radical (unpaired) electrons. The van der Waals surface area contributed by atoms with Crippen LogP contribution in [0.25, 0.3) is 0 Å². The third kappa shape index (κ3) is 5.40. The Morgan fingerprint density at radius 3 is 2.67 bits per heavy atom. The maximum atomic E-state index is 11.8. The van der Waals surface area contributed by atoms with E-state index in [1.165, 1.54) is 0 Å². The lowest BCUT2D eigenvalue weighted by Crippen LogP contribution is -2.24. The maximum absolute atomic E-state index is 11.8. The van der Waals surface area contributed by atoms with Crippen molar-refractivity contribution in [3.63, 3.8) is 0 Å². The summed E-state index contributed by atoms with van der Waals surface area (Å²) in [6, 6.07) is 5.65. The highest BCUT2D eigenvalue weighted by Crippen LogP contribution is 2.17. The Labute approximate surface area is 122 Å². The minimum Gasteiger partial charge on any atom is -0.352 e. The molecule has 0 bridgehead atoms. The summed E-state index contributed by atoms with van der Waals surface area (Å²) in [4.78, 5) is 11.8. The van der Waals surface area contributed by atoms with Gasteiger partial charge in [-0.25, -0.2) is 0 Å². The number of hydrogen-bond acceptors (Lipinski definition) is 1. The van der Waals surface area contributed by atoms with Gasteiger partial charge in [-0.3, -0.25) is 4.79 Å². The van der Waals surface area contributed by atoms with E-state index >= 15 is 0 Å². The predicted molar refractivity (Wildman–Crippen MR) is 80.4 cm³/mol. The molecule has 0 aliphatic heterocycles. The van der Waals surface area contributed by atoms with Crippen molar-refractivity contribution in [2.75, 3.05) is 12.4 Å². The zero-order chi connectivity index (χ0) is 13.4. The van der Waals surface area contributed by atoms with Gasteiger partial charge in [-0.1, -0.05) is 34.8 Å². The molecule has 0 aliphatic carbocycles. The van der Waals surface area contributed by atoms with E-state index in [1.54, 1.807) is 0 Å². The number of carbonyl (C=O) groups is 1. The fraction of sp³-hybridized carbons (Fsp3) is 0.500. The molecule has 1 N–H and O–H groups in total. The van der Waals surface area contributed by atoms with Crippen LogP contribution in [0.1, 0.15) is 41.6 Å². The molecule has 0 spiro atoms. The quantitative estimate of drug-likeness (QED) is 0.586. The highest BCUT2D eigenvalue weighted by molar-refractivity contribution is 9.10. The normalized spacial score (nSPS) is 10.4. The minimum atomic E-state index is -0.00644. The first-order valence-corrected chi connectivity index (χ1v) is 7.58. The van der Waals surface area contributed by atoms with Crippen LogP contribution in [0.15, 0.2) is 22.7 Å². The Bertz CT molecular complexity index is 395. The Balaban J connectivity index is 2.30. The monoisotopic (exact) mass is 331 g/mol. The van der Waals surface area contributed by atoms with Crippen LogP contribution >= 0.6 is 27.5 Å². The predicted octanol–water partition coefficient (Wildman–Crippen LogP) is 4.29. The average molecular weight is 333 g/mol. The second kappa shape index (κ2) is 8.54. The van der Waals surface area contributed by atoms with Gasteiger partial charge in [0.15, 0.2) is 0 Å². The summed E-state index contributed by atoms with van der Waals surface area (Å²) in [7, 11) is 0. The Morgan fingerprint density at radius 2 is 2.00 bits per heavy atom. The first kappa shape index (κ1) is 15.5. The fourth-order valence-corrected chi connectivity index (χ4v) is 2.18. The molecule has 0 fully saturated rings. The summed E-state index contributed by atoms with van der Waals surface area (Å²) in [6.45, 7) is 2.73. The number of rotatable bonds is 7. The van der Waals surface area contributed by atoms with E-state index in [4.69, 9.17) is 11.6 Å². The molecule has 0 saturated carbocycles. The van der Waals surface area contributed by atoms with Crippen molar-refractivity contribution in [2.24, 2.45) is 0 Å². The largest absolute Gasteiger partial charge is 0.352 e. The van der Waals surface area contributed by atoms with Gasteiger partial charge in [-0.2, -0.15) is 0 Å². The minimum absolute atomic E-state index is 0.00644. The lowest BCUT2D eigenvalue weighted by atomic mass is 10.1. The summed E-state index contributed by atoms with van der Waals surface area (Å²) in [6.07, 6.45) is 4.32. The van der Waals surface area contributed by atoms with Gasteiger partial charge in [0.05, 0.1) is 0 Å². The van der Waals surface area contributed by atoms with Crippen LogP contribution in [0.5, 0.6) is 0 Å². The van der Waals surface area contributed by atoms with Gasteiger partial charge in [-0.05, 0) is 37.5 Å². The van der Waals surface area contributed by atoms with Crippen molar-refractivity contribution >= 4 is 33.4 Å². The van der Waals surface area contributed by atoms with Crippen molar-refractivity contribution in [2.45, 2.75) is 32.6 Å². The molecule has 1 aromatic rings. The van der Waals surface area contributed by atoms with Crippen LogP contribution in [0.2, 0.25) is 0 Å². The second-order valence-electron chi connectivity index (χ2n) is 4.32. The Hall–Kier alpha value is -0.540. The molecule has 0 heterocycles. The lowest BCUT2D eigenvalue weighted by Gasteiger charge is -2.06. The molecule has 100 valence electrons. The van der Waals surface area contributed by atoms with Gasteiger partial charge in [0, 0.05) is 22.5 Å². The number of unbranched alkanes of at least 4 members (excludes halogenated alkanes) is 3. The molecule has 2 nitrogen and oxygen atoms in total. The number of halogens is 2. The molecule has 18 heavy (non-hydrogen) atoms. The number of hydrogen-bond donors (Lipinski definition) is 1. The van der Waals surface area contributed by atoms with Gasteiger partial charge in [0.1, 0.15) is 0 Å². The first-order chi connectivity index (χ1) is 8.65. The zero-order valence-corrected chi connectivity index (χ0v) is 13.0. The van der Waals surface area contributed by atoms with E-state index < -0.39 is 0 Å². The average Bonchev–Trinajstić information content (AvgIpc) is 2.36. The number of amides is 1. The van der Waals surface area contributed by atoms with Crippen LogP contribution in [0, 0.1) is 6.92 Å². The molecule has 0 aromatic heterocycles. The summed E-state index contributed by atoms with van der Waals surface area (Å²) in [5.74, 6) is 0.720. The fourth-order valence-electron chi connectivity index (χ4n) is 1.61. The number of alkyl halides is 1. The number of aryl methyl sites for hydroxylation is 1. The summed E-state index contributed by atoms with van der Waals surface area (Å²) < 4.78 is 0.970. The van der Waals surface area contributed by atoms with Crippen molar-refractivity contribution in [3.8, 4) is 0 Å². The summed E-state index contributed by atoms with van der Waals surface area (Å²) in [5.41, 5.74) is 1.83. The van der Waals surface area contributed by atoms with E-state index in [0.29, 0.717) is 5.56 Å². The third-order valence-corrected chi connectivity index (χ3v) is 3.90. The molecule has 1 amide bonds. The van der Waals surface area contributed by atoms with E-state index in [0.717, 1.165) is 48.1 Å². The van der Waals surface area contributed by atoms with E-state index in [-0.39, 0.29) is 5.91 Å². The molecule has 0 aliphatic rings. The summed E-state index contributed by atoms with van der Waals surface area (Å²) in [5, 5.41) is 2.93.